The Morgan fingerprint density at radius 2 is 2.00 bits per heavy atom. The molecule has 1 amide bonds. The second-order valence-corrected chi connectivity index (χ2v) is 6.70. The first-order valence-corrected chi connectivity index (χ1v) is 7.71. The Morgan fingerprint density at radius 1 is 1.32 bits per heavy atom. The van der Waals surface area contributed by atoms with Gasteiger partial charge in [0.2, 0.25) is 0 Å². The lowest BCUT2D eigenvalue weighted by Crippen LogP contribution is -2.39. The number of hydrogen-bond acceptors (Lipinski definition) is 3. The molecule has 1 aromatic carbocycles. The number of aliphatic hydroxyl groups is 1. The molecule has 120 valence electrons. The molecular weight excluding hydrogens is 278 g/mol. The maximum Gasteiger partial charge on any atom is 0.254 e. The lowest BCUT2D eigenvalue weighted by atomic mass is 10.1. The summed E-state index contributed by atoms with van der Waals surface area (Å²) < 4.78 is 5.96. The monoisotopic (exact) mass is 303 g/mol. The summed E-state index contributed by atoms with van der Waals surface area (Å²) in [4.78, 5) is 12.6. The third-order valence-electron chi connectivity index (χ3n) is 3.55. The van der Waals surface area contributed by atoms with Gasteiger partial charge in [-0.3, -0.25) is 4.79 Å². The Kier molecular flexibility index (Phi) is 5.37. The van der Waals surface area contributed by atoms with Crippen LogP contribution >= 0.6 is 0 Å². The van der Waals surface area contributed by atoms with E-state index in [-0.39, 0.29) is 24.5 Å². The van der Waals surface area contributed by atoms with Crippen molar-refractivity contribution in [2.24, 2.45) is 5.92 Å². The zero-order valence-electron chi connectivity index (χ0n) is 13.5. The molecule has 0 bridgehead atoms. The quantitative estimate of drug-likeness (QED) is 0.822. The molecule has 1 aliphatic rings. The fraction of sp³-hybridized carbons (Fsp3) is 0.500. The molecule has 0 aliphatic heterocycles. The molecule has 1 unspecified atom stereocenters. The molecule has 0 radical (unpaired) electrons. The summed E-state index contributed by atoms with van der Waals surface area (Å²) in [7, 11) is 0. The Hall–Kier alpha value is -1.65. The van der Waals surface area contributed by atoms with Gasteiger partial charge in [-0.15, -0.1) is 0 Å². The van der Waals surface area contributed by atoms with E-state index in [0.29, 0.717) is 0 Å². The zero-order chi connectivity index (χ0) is 16.2. The van der Waals surface area contributed by atoms with Crippen molar-refractivity contribution in [1.29, 1.82) is 0 Å². The maximum atomic E-state index is 12.6. The molecule has 2 rings (SSSR count). The minimum absolute atomic E-state index is 0.0422. The van der Waals surface area contributed by atoms with E-state index in [1.54, 1.807) is 0 Å². The zero-order valence-corrected chi connectivity index (χ0v) is 13.5. The molecular formula is C18H25NO3. The second kappa shape index (κ2) is 7.07. The number of nitrogens with one attached hydrogen (secondary N) is 1. The van der Waals surface area contributed by atoms with Crippen molar-refractivity contribution in [3.8, 4) is 0 Å². The van der Waals surface area contributed by atoms with Crippen LogP contribution < -0.4 is 5.32 Å². The SMILES string of the molecule is CC(C)(C)OC(C(=O)N[C@@H]1C=C[C@H](CO)C1)c1ccccc1. The molecule has 0 fully saturated rings. The van der Waals surface area contributed by atoms with E-state index in [0.717, 1.165) is 12.0 Å². The van der Waals surface area contributed by atoms with Gasteiger partial charge in [-0.2, -0.15) is 0 Å². The molecule has 1 aliphatic carbocycles. The van der Waals surface area contributed by atoms with Gasteiger partial charge < -0.3 is 15.2 Å². The lowest BCUT2D eigenvalue weighted by molar-refractivity contribution is -0.143. The van der Waals surface area contributed by atoms with Gasteiger partial charge in [-0.1, -0.05) is 42.5 Å². The van der Waals surface area contributed by atoms with Crippen molar-refractivity contribution in [1.82, 2.24) is 5.32 Å². The third kappa shape index (κ3) is 4.68. The predicted octanol–water partition coefficient (Wildman–Crippen LogP) is 2.60. The van der Waals surface area contributed by atoms with Crippen molar-refractivity contribution >= 4 is 5.91 Å². The number of carbonyl (C=O) groups excluding carboxylic acids is 1. The van der Waals surface area contributed by atoms with Crippen LogP contribution in [0.15, 0.2) is 42.5 Å². The van der Waals surface area contributed by atoms with E-state index in [9.17, 15) is 4.79 Å². The van der Waals surface area contributed by atoms with Crippen LogP contribution in [0.4, 0.5) is 0 Å². The highest BCUT2D eigenvalue weighted by molar-refractivity contribution is 5.82. The number of aliphatic hydroxyl groups excluding tert-OH is 1. The third-order valence-corrected chi connectivity index (χ3v) is 3.55. The van der Waals surface area contributed by atoms with Gasteiger partial charge in [0.15, 0.2) is 6.10 Å². The molecule has 0 heterocycles. The van der Waals surface area contributed by atoms with E-state index in [1.807, 2.05) is 63.3 Å². The van der Waals surface area contributed by atoms with Gasteiger partial charge >= 0.3 is 0 Å². The Morgan fingerprint density at radius 3 is 2.55 bits per heavy atom. The minimum atomic E-state index is -0.636. The topological polar surface area (TPSA) is 58.6 Å². The molecule has 0 aromatic heterocycles. The first kappa shape index (κ1) is 16.7. The van der Waals surface area contributed by atoms with Crippen LogP contribution in [-0.2, 0) is 9.53 Å². The molecule has 0 spiro atoms. The van der Waals surface area contributed by atoms with Crippen LogP contribution in [0.3, 0.4) is 0 Å². The van der Waals surface area contributed by atoms with E-state index in [1.165, 1.54) is 0 Å². The lowest BCUT2D eigenvalue weighted by Gasteiger charge is -2.28. The summed E-state index contributed by atoms with van der Waals surface area (Å²) in [5.74, 6) is -0.0154. The van der Waals surface area contributed by atoms with Crippen molar-refractivity contribution < 1.29 is 14.6 Å². The Bertz CT molecular complexity index is 519. The molecule has 2 N–H and O–H groups in total. The van der Waals surface area contributed by atoms with E-state index >= 15 is 0 Å². The molecule has 0 saturated heterocycles. The summed E-state index contributed by atoms with van der Waals surface area (Å²) >= 11 is 0. The van der Waals surface area contributed by atoms with Gasteiger partial charge in [0.1, 0.15) is 0 Å². The van der Waals surface area contributed by atoms with E-state index in [4.69, 9.17) is 9.84 Å². The molecule has 0 saturated carbocycles. The average Bonchev–Trinajstić information content (AvgIpc) is 2.92. The summed E-state index contributed by atoms with van der Waals surface area (Å²) in [6, 6.07) is 9.48. The van der Waals surface area contributed by atoms with E-state index < -0.39 is 11.7 Å². The highest BCUT2D eigenvalue weighted by atomic mass is 16.5. The molecule has 22 heavy (non-hydrogen) atoms. The van der Waals surface area contributed by atoms with Crippen molar-refractivity contribution in [3.63, 3.8) is 0 Å². The van der Waals surface area contributed by atoms with Crippen LogP contribution in [-0.4, -0.2) is 29.3 Å². The van der Waals surface area contributed by atoms with Gasteiger partial charge in [-0.25, -0.2) is 0 Å². The van der Waals surface area contributed by atoms with Crippen LogP contribution in [0, 0.1) is 5.92 Å². The number of amides is 1. The van der Waals surface area contributed by atoms with Crippen LogP contribution in [0.2, 0.25) is 0 Å². The standard InChI is InChI=1S/C18H25NO3/c1-18(2,3)22-16(14-7-5-4-6-8-14)17(21)19-15-10-9-13(11-15)12-20/h4-10,13,15-16,20H,11-12H2,1-3H3,(H,19,21)/t13-,15+,16?/m0/s1. The number of rotatable bonds is 5. The fourth-order valence-electron chi connectivity index (χ4n) is 2.53. The predicted molar refractivity (Wildman–Crippen MR) is 86.3 cm³/mol. The number of benzene rings is 1. The van der Waals surface area contributed by atoms with Gasteiger partial charge in [0.25, 0.3) is 5.91 Å². The molecule has 3 atom stereocenters. The van der Waals surface area contributed by atoms with Crippen LogP contribution in [0.1, 0.15) is 38.9 Å². The normalized spacial score (nSPS) is 22.5. The highest BCUT2D eigenvalue weighted by Crippen LogP contribution is 2.25. The van der Waals surface area contributed by atoms with Crippen molar-refractivity contribution in [3.05, 3.63) is 48.0 Å². The molecule has 4 nitrogen and oxygen atoms in total. The summed E-state index contributed by atoms with van der Waals surface area (Å²) in [6.45, 7) is 5.93. The Labute approximate surface area is 132 Å². The summed E-state index contributed by atoms with van der Waals surface area (Å²) in [6.07, 6.45) is 3.99. The first-order chi connectivity index (χ1) is 10.4. The summed E-state index contributed by atoms with van der Waals surface area (Å²) in [5, 5.41) is 12.2. The smallest absolute Gasteiger partial charge is 0.254 e. The molecule has 1 aromatic rings. The first-order valence-electron chi connectivity index (χ1n) is 7.71. The van der Waals surface area contributed by atoms with Gasteiger partial charge in [-0.05, 0) is 32.8 Å². The largest absolute Gasteiger partial charge is 0.396 e. The number of carbonyl (C=O) groups is 1. The van der Waals surface area contributed by atoms with Gasteiger partial charge in [0.05, 0.1) is 5.60 Å². The number of hydrogen-bond donors (Lipinski definition) is 2. The Balaban J connectivity index is 2.08. The fourth-order valence-corrected chi connectivity index (χ4v) is 2.53. The minimum Gasteiger partial charge on any atom is -0.396 e. The van der Waals surface area contributed by atoms with Crippen LogP contribution in [0.5, 0.6) is 0 Å². The van der Waals surface area contributed by atoms with Gasteiger partial charge in [0, 0.05) is 18.6 Å². The summed E-state index contributed by atoms with van der Waals surface area (Å²) in [5.41, 5.74) is 0.424. The average molecular weight is 303 g/mol. The second-order valence-electron chi connectivity index (χ2n) is 6.70. The van der Waals surface area contributed by atoms with E-state index in [2.05, 4.69) is 5.32 Å². The van der Waals surface area contributed by atoms with Crippen LogP contribution in [0.25, 0.3) is 0 Å². The number of ether oxygens (including phenoxy) is 1. The maximum absolute atomic E-state index is 12.6. The highest BCUT2D eigenvalue weighted by Gasteiger charge is 2.29. The van der Waals surface area contributed by atoms with Crippen molar-refractivity contribution in [2.45, 2.75) is 44.9 Å². The molecule has 4 heteroatoms. The van der Waals surface area contributed by atoms with Crippen molar-refractivity contribution in [2.75, 3.05) is 6.61 Å².